The fourth-order valence-corrected chi connectivity index (χ4v) is 9.68. The van der Waals surface area contributed by atoms with Gasteiger partial charge in [-0.05, 0) is 68.3 Å². The predicted octanol–water partition coefficient (Wildman–Crippen LogP) is 4.55. The molecule has 7 aliphatic rings. The van der Waals surface area contributed by atoms with Gasteiger partial charge in [0.05, 0.1) is 24.0 Å². The molecule has 4 aliphatic carbocycles. The molecule has 3 aliphatic heterocycles. The third kappa shape index (κ3) is 3.37. The van der Waals surface area contributed by atoms with Crippen LogP contribution in [0.1, 0.15) is 62.7 Å². The Morgan fingerprint density at radius 1 is 1.27 bits per heavy atom. The normalized spacial score (nSPS) is 43.3. The van der Waals surface area contributed by atoms with Gasteiger partial charge in [0, 0.05) is 41.7 Å². The fraction of sp³-hybridized carbons (Fsp3) is 0.645. The van der Waals surface area contributed by atoms with Crippen molar-refractivity contribution >= 4 is 11.7 Å². The SMILES string of the molecule is C[C@H](OC(=O)c1ccccc1N=[N+]=[N-])C1=CC[C@@]23OCCN(C)C[C@@]12C[C@@H](O)[C@]12O[C@]4(O)CC[C@@]1(C)[C@H](CC=C32)C4. The monoisotopic (exact) mass is 562 g/mol. The van der Waals surface area contributed by atoms with E-state index in [1.54, 1.807) is 24.3 Å². The highest BCUT2D eigenvalue weighted by atomic mass is 16.7. The van der Waals surface area contributed by atoms with Gasteiger partial charge in [-0.2, -0.15) is 0 Å². The van der Waals surface area contributed by atoms with Gasteiger partial charge >= 0.3 is 5.97 Å². The van der Waals surface area contributed by atoms with Crippen molar-refractivity contribution in [2.24, 2.45) is 21.9 Å². The number of fused-ring (bicyclic) bond motifs is 1. The Balaban J connectivity index is 1.31. The van der Waals surface area contributed by atoms with E-state index in [2.05, 4.69) is 41.0 Å². The van der Waals surface area contributed by atoms with Crippen molar-refractivity contribution in [1.29, 1.82) is 0 Å². The largest absolute Gasteiger partial charge is 0.455 e. The molecular weight excluding hydrogens is 524 g/mol. The molecule has 1 spiro atoms. The molecule has 0 aromatic heterocycles. The van der Waals surface area contributed by atoms with Gasteiger partial charge in [-0.3, -0.25) is 0 Å². The number of esters is 1. The van der Waals surface area contributed by atoms with E-state index in [1.165, 1.54) is 0 Å². The van der Waals surface area contributed by atoms with Gasteiger partial charge in [0.25, 0.3) is 0 Å². The first-order valence-corrected chi connectivity index (χ1v) is 14.7. The maximum absolute atomic E-state index is 13.4. The number of ether oxygens (including phenoxy) is 3. The first-order valence-electron chi connectivity index (χ1n) is 14.7. The van der Waals surface area contributed by atoms with Crippen molar-refractivity contribution < 1.29 is 29.2 Å². The van der Waals surface area contributed by atoms with Gasteiger partial charge in [0.1, 0.15) is 17.3 Å². The zero-order valence-corrected chi connectivity index (χ0v) is 23.9. The molecule has 10 nitrogen and oxygen atoms in total. The Morgan fingerprint density at radius 2 is 2.07 bits per heavy atom. The van der Waals surface area contributed by atoms with Crippen LogP contribution in [0.25, 0.3) is 10.4 Å². The van der Waals surface area contributed by atoms with E-state index in [1.807, 2.05) is 6.92 Å². The summed E-state index contributed by atoms with van der Waals surface area (Å²) in [5.74, 6) is -1.61. The maximum Gasteiger partial charge on any atom is 0.339 e. The minimum atomic E-state index is -1.25. The third-order valence-corrected chi connectivity index (χ3v) is 11.4. The summed E-state index contributed by atoms with van der Waals surface area (Å²) in [6, 6.07) is 6.58. The van der Waals surface area contributed by atoms with E-state index < -0.39 is 40.6 Å². The second-order valence-corrected chi connectivity index (χ2v) is 13.3. The Hall–Kier alpha value is -2.72. The van der Waals surface area contributed by atoms with E-state index >= 15 is 0 Å². The molecule has 1 aromatic carbocycles. The molecule has 3 heterocycles. The number of hydrogen-bond acceptors (Lipinski definition) is 8. The van der Waals surface area contributed by atoms with E-state index in [0.717, 1.165) is 30.5 Å². The Kier molecular flexibility index (Phi) is 5.89. The van der Waals surface area contributed by atoms with Crippen LogP contribution in [-0.4, -0.2) is 77.0 Å². The van der Waals surface area contributed by atoms with Crippen molar-refractivity contribution in [2.45, 2.75) is 81.6 Å². The summed E-state index contributed by atoms with van der Waals surface area (Å²) in [7, 11) is 2.06. The lowest BCUT2D eigenvalue weighted by Gasteiger charge is -2.73. The highest BCUT2D eigenvalue weighted by molar-refractivity contribution is 5.95. The van der Waals surface area contributed by atoms with Crippen molar-refractivity contribution in [1.82, 2.24) is 4.90 Å². The highest BCUT2D eigenvalue weighted by Crippen LogP contribution is 2.74. The standard InChI is InChI=1S/C31H38N4O6/c1-19(40-26(37)21-6-4-5-7-23(21)33-34-32)22-10-11-30-24-9-8-20-16-29(38)13-12-27(20,2)31(24,41-29)25(36)17-28(22,30)18-35(3)14-15-39-30/h4-7,9-10,19-20,25,36,38H,8,11-18H2,1-3H3/t19-,20+,25+,27-,28-,29+,30-,31-/m0/s1. The van der Waals surface area contributed by atoms with Gasteiger partial charge < -0.3 is 29.3 Å². The van der Waals surface area contributed by atoms with Gasteiger partial charge in [-0.25, -0.2) is 4.79 Å². The van der Waals surface area contributed by atoms with Crippen LogP contribution in [0.5, 0.6) is 0 Å². The maximum atomic E-state index is 13.4. The highest BCUT2D eigenvalue weighted by Gasteiger charge is 2.79. The predicted molar refractivity (Wildman–Crippen MR) is 149 cm³/mol. The van der Waals surface area contributed by atoms with Crippen LogP contribution in [0.4, 0.5) is 5.69 Å². The summed E-state index contributed by atoms with van der Waals surface area (Å²) in [5.41, 5.74) is 8.42. The average Bonchev–Trinajstić information content (AvgIpc) is 3.15. The summed E-state index contributed by atoms with van der Waals surface area (Å²) in [6.45, 7) is 5.95. The van der Waals surface area contributed by atoms with Crippen LogP contribution in [0, 0.1) is 16.7 Å². The van der Waals surface area contributed by atoms with Crippen LogP contribution < -0.4 is 0 Å². The second kappa shape index (κ2) is 8.89. The molecule has 10 heteroatoms. The quantitative estimate of drug-likeness (QED) is 0.181. The van der Waals surface area contributed by atoms with E-state index in [0.29, 0.717) is 38.8 Å². The van der Waals surface area contributed by atoms with E-state index in [9.17, 15) is 15.0 Å². The van der Waals surface area contributed by atoms with Crippen LogP contribution >= 0.6 is 0 Å². The number of carbonyl (C=O) groups excluding carboxylic acids is 1. The minimum absolute atomic E-state index is 0.199. The lowest BCUT2D eigenvalue weighted by molar-refractivity contribution is -0.401. The second-order valence-electron chi connectivity index (χ2n) is 13.3. The van der Waals surface area contributed by atoms with Crippen LogP contribution in [-0.2, 0) is 14.2 Å². The molecule has 8 rings (SSSR count). The van der Waals surface area contributed by atoms with Crippen molar-refractivity contribution in [3.8, 4) is 0 Å². The average molecular weight is 563 g/mol. The van der Waals surface area contributed by atoms with Gasteiger partial charge in [-0.1, -0.05) is 42.4 Å². The summed E-state index contributed by atoms with van der Waals surface area (Å²) in [5, 5.41) is 27.5. The Bertz CT molecular complexity index is 1420. The Morgan fingerprint density at radius 3 is 2.88 bits per heavy atom. The zero-order chi connectivity index (χ0) is 28.8. The minimum Gasteiger partial charge on any atom is -0.455 e. The molecule has 8 atom stereocenters. The molecule has 2 N–H and O–H groups in total. The number of rotatable bonds is 4. The number of aliphatic hydroxyl groups excluding tert-OH is 1. The lowest BCUT2D eigenvalue weighted by Crippen LogP contribution is -2.79. The lowest BCUT2D eigenvalue weighted by atomic mass is 9.41. The molecule has 5 fully saturated rings. The molecule has 3 saturated heterocycles. The van der Waals surface area contributed by atoms with Gasteiger partial charge in [0.2, 0.25) is 0 Å². The van der Waals surface area contributed by atoms with Crippen LogP contribution in [0.15, 0.2) is 52.7 Å². The van der Waals surface area contributed by atoms with Gasteiger partial charge in [0.15, 0.2) is 5.79 Å². The zero-order valence-electron chi connectivity index (χ0n) is 23.9. The number of likely N-dealkylation sites (N-methyl/N-ethyl adjacent to an activating group) is 1. The number of hydrogen-bond donors (Lipinski definition) is 2. The summed E-state index contributed by atoms with van der Waals surface area (Å²) in [4.78, 5) is 18.4. The fourth-order valence-electron chi connectivity index (χ4n) is 9.68. The molecule has 41 heavy (non-hydrogen) atoms. The molecular formula is C31H38N4O6. The van der Waals surface area contributed by atoms with E-state index in [-0.39, 0.29) is 22.6 Å². The van der Waals surface area contributed by atoms with Crippen LogP contribution in [0.3, 0.4) is 0 Å². The third-order valence-electron chi connectivity index (χ3n) is 11.4. The summed E-state index contributed by atoms with van der Waals surface area (Å²) < 4.78 is 19.7. The number of benzene rings is 1. The molecule has 4 bridgehead atoms. The van der Waals surface area contributed by atoms with Crippen molar-refractivity contribution in [3.05, 3.63) is 63.6 Å². The first kappa shape index (κ1) is 27.1. The number of allylic oxidation sites excluding steroid dienone is 1. The first-order chi connectivity index (χ1) is 19.5. The number of nitrogens with zero attached hydrogens (tertiary/aromatic N) is 4. The van der Waals surface area contributed by atoms with Crippen molar-refractivity contribution in [2.75, 3.05) is 26.7 Å². The molecule has 2 saturated carbocycles. The smallest absolute Gasteiger partial charge is 0.339 e. The van der Waals surface area contributed by atoms with Crippen molar-refractivity contribution in [3.63, 3.8) is 0 Å². The molecule has 0 radical (unpaired) electrons. The molecule has 1 aromatic rings. The van der Waals surface area contributed by atoms with Gasteiger partial charge in [-0.15, -0.1) is 0 Å². The molecule has 0 unspecified atom stereocenters. The molecule has 0 amide bonds. The van der Waals surface area contributed by atoms with Crippen LogP contribution in [0.2, 0.25) is 0 Å². The van der Waals surface area contributed by atoms with E-state index in [4.69, 9.17) is 19.7 Å². The number of carbonyl (C=O) groups is 1. The Labute approximate surface area is 239 Å². The summed E-state index contributed by atoms with van der Waals surface area (Å²) >= 11 is 0. The number of azide groups is 1. The molecule has 218 valence electrons. The summed E-state index contributed by atoms with van der Waals surface area (Å²) in [6.07, 6.45) is 6.52. The number of aliphatic hydroxyl groups is 2. The topological polar surface area (TPSA) is 137 Å².